The minimum atomic E-state index is -3.63. The molecule has 162 valence electrons. The third-order valence-corrected chi connectivity index (χ3v) is 7.66. The first-order valence-corrected chi connectivity index (χ1v) is 11.5. The summed E-state index contributed by atoms with van der Waals surface area (Å²) in [6.45, 7) is 6.48. The largest absolute Gasteiger partial charge is 0.336 e. The quantitative estimate of drug-likeness (QED) is 0.624. The monoisotopic (exact) mass is 441 g/mol. The molecule has 0 unspecified atom stereocenters. The number of fused-ring (bicyclic) bond motifs is 1. The number of benzene rings is 2. The number of carbonyl (C=O) groups excluding carboxylic acids is 1. The summed E-state index contributed by atoms with van der Waals surface area (Å²) < 4.78 is 41.2. The van der Waals surface area contributed by atoms with Crippen molar-refractivity contribution in [2.75, 3.05) is 26.2 Å². The summed E-state index contributed by atoms with van der Waals surface area (Å²) in [4.78, 5) is 19.5. The lowest BCUT2D eigenvalue weighted by molar-refractivity contribution is 0.0699. The number of hydrogen-bond acceptors (Lipinski definition) is 4. The van der Waals surface area contributed by atoms with Crippen molar-refractivity contribution in [3.05, 3.63) is 70.7 Å². The molecular formula is C23H24FN3O3S. The number of sulfonamides is 1. The van der Waals surface area contributed by atoms with E-state index in [2.05, 4.69) is 4.98 Å². The van der Waals surface area contributed by atoms with Crippen LogP contribution >= 0.6 is 0 Å². The first-order valence-electron chi connectivity index (χ1n) is 10.1. The molecule has 1 fully saturated rings. The van der Waals surface area contributed by atoms with Gasteiger partial charge in [-0.1, -0.05) is 17.7 Å². The van der Waals surface area contributed by atoms with Crippen molar-refractivity contribution in [2.45, 2.75) is 25.7 Å². The Labute approximate surface area is 181 Å². The molecule has 0 saturated carbocycles. The SMILES string of the molecule is Cc1ccc(S(=O)(=O)N2CCN(C(=O)c3cc(C)nc4cc(F)ccc34)CC2)c(C)c1. The molecule has 1 aliphatic rings. The van der Waals surface area contributed by atoms with Crippen LogP contribution in [0.5, 0.6) is 0 Å². The van der Waals surface area contributed by atoms with Crippen molar-refractivity contribution >= 4 is 26.8 Å². The van der Waals surface area contributed by atoms with E-state index in [1.165, 1.54) is 16.4 Å². The first kappa shape index (κ1) is 21.4. The number of aromatic nitrogens is 1. The van der Waals surface area contributed by atoms with E-state index in [1.54, 1.807) is 43.0 Å². The van der Waals surface area contributed by atoms with Crippen molar-refractivity contribution in [3.8, 4) is 0 Å². The van der Waals surface area contributed by atoms with E-state index >= 15 is 0 Å². The highest BCUT2D eigenvalue weighted by Gasteiger charge is 2.31. The van der Waals surface area contributed by atoms with Gasteiger partial charge in [-0.15, -0.1) is 0 Å². The molecule has 0 spiro atoms. The summed E-state index contributed by atoms with van der Waals surface area (Å²) in [5, 5.41) is 0.585. The zero-order valence-electron chi connectivity index (χ0n) is 17.7. The number of piperazine rings is 1. The fourth-order valence-electron chi connectivity index (χ4n) is 4.04. The Balaban J connectivity index is 1.55. The van der Waals surface area contributed by atoms with Crippen LogP contribution in [-0.2, 0) is 10.0 Å². The van der Waals surface area contributed by atoms with Gasteiger partial charge in [0.15, 0.2) is 0 Å². The summed E-state index contributed by atoms with van der Waals surface area (Å²) >= 11 is 0. The number of nitrogens with zero attached hydrogens (tertiary/aromatic N) is 3. The van der Waals surface area contributed by atoms with Gasteiger partial charge in [0, 0.05) is 43.3 Å². The third kappa shape index (κ3) is 4.05. The van der Waals surface area contributed by atoms with Crippen LogP contribution in [0, 0.1) is 26.6 Å². The Morgan fingerprint density at radius 3 is 2.35 bits per heavy atom. The smallest absolute Gasteiger partial charge is 0.254 e. The Bertz CT molecular complexity index is 1280. The molecular weight excluding hydrogens is 417 g/mol. The standard InChI is InChI=1S/C23H24FN3O3S/c1-15-4-7-22(16(2)12-15)31(29,30)27-10-8-26(9-11-27)23(28)20-13-17(3)25-21-14-18(24)5-6-19(20)21/h4-7,12-14H,8-11H2,1-3H3. The molecule has 6 nitrogen and oxygen atoms in total. The second kappa shape index (κ2) is 8.01. The van der Waals surface area contributed by atoms with Crippen molar-refractivity contribution < 1.29 is 17.6 Å². The second-order valence-corrected chi connectivity index (χ2v) is 9.84. The van der Waals surface area contributed by atoms with Crippen LogP contribution in [0.4, 0.5) is 4.39 Å². The van der Waals surface area contributed by atoms with Crippen LogP contribution in [0.15, 0.2) is 47.4 Å². The second-order valence-electron chi connectivity index (χ2n) is 7.94. The van der Waals surface area contributed by atoms with E-state index in [0.29, 0.717) is 32.6 Å². The summed E-state index contributed by atoms with van der Waals surface area (Å²) in [5.74, 6) is -0.611. The summed E-state index contributed by atoms with van der Waals surface area (Å²) in [5.41, 5.74) is 3.22. The summed E-state index contributed by atoms with van der Waals surface area (Å²) in [7, 11) is -3.63. The van der Waals surface area contributed by atoms with Gasteiger partial charge in [-0.05, 0) is 50.6 Å². The van der Waals surface area contributed by atoms with Gasteiger partial charge in [0.1, 0.15) is 5.82 Å². The molecule has 1 amide bonds. The van der Waals surface area contributed by atoms with Crippen molar-refractivity contribution in [1.82, 2.24) is 14.2 Å². The van der Waals surface area contributed by atoms with Gasteiger partial charge in [0.05, 0.1) is 16.0 Å². The number of amides is 1. The Morgan fingerprint density at radius 1 is 0.968 bits per heavy atom. The normalized spacial score (nSPS) is 15.4. The molecule has 2 aromatic carbocycles. The molecule has 1 aliphatic heterocycles. The minimum Gasteiger partial charge on any atom is -0.336 e. The van der Waals surface area contributed by atoms with Crippen LogP contribution < -0.4 is 0 Å². The highest BCUT2D eigenvalue weighted by atomic mass is 32.2. The summed E-state index contributed by atoms with van der Waals surface area (Å²) in [6.07, 6.45) is 0. The van der Waals surface area contributed by atoms with Crippen LogP contribution in [0.2, 0.25) is 0 Å². The Morgan fingerprint density at radius 2 is 1.68 bits per heavy atom. The van der Waals surface area contributed by atoms with Gasteiger partial charge in [0.25, 0.3) is 5.91 Å². The van der Waals surface area contributed by atoms with E-state index in [-0.39, 0.29) is 32.1 Å². The number of aryl methyl sites for hydroxylation is 3. The molecule has 0 radical (unpaired) electrons. The topological polar surface area (TPSA) is 70.6 Å². The average Bonchev–Trinajstić information content (AvgIpc) is 2.72. The van der Waals surface area contributed by atoms with Gasteiger partial charge in [-0.25, -0.2) is 12.8 Å². The number of hydrogen-bond donors (Lipinski definition) is 0. The Kier molecular flexibility index (Phi) is 5.53. The molecule has 3 aromatic rings. The van der Waals surface area contributed by atoms with Crippen LogP contribution in [0.1, 0.15) is 27.2 Å². The predicted molar refractivity (Wildman–Crippen MR) is 117 cm³/mol. The highest BCUT2D eigenvalue weighted by molar-refractivity contribution is 7.89. The van der Waals surface area contributed by atoms with Gasteiger partial charge in [0.2, 0.25) is 10.0 Å². The maximum absolute atomic E-state index is 13.6. The van der Waals surface area contributed by atoms with E-state index in [1.807, 2.05) is 13.0 Å². The van der Waals surface area contributed by atoms with Crippen molar-refractivity contribution in [1.29, 1.82) is 0 Å². The molecule has 31 heavy (non-hydrogen) atoms. The molecule has 2 heterocycles. The maximum Gasteiger partial charge on any atom is 0.254 e. The van der Waals surface area contributed by atoms with Crippen molar-refractivity contribution in [3.63, 3.8) is 0 Å². The number of carbonyl (C=O) groups is 1. The Hall–Kier alpha value is -2.84. The van der Waals surface area contributed by atoms with E-state index in [4.69, 9.17) is 0 Å². The number of rotatable bonds is 3. The van der Waals surface area contributed by atoms with Gasteiger partial charge < -0.3 is 4.90 Å². The molecule has 0 atom stereocenters. The molecule has 0 aliphatic carbocycles. The van der Waals surface area contributed by atoms with Crippen molar-refractivity contribution in [2.24, 2.45) is 0 Å². The zero-order valence-corrected chi connectivity index (χ0v) is 18.5. The number of pyridine rings is 1. The highest BCUT2D eigenvalue weighted by Crippen LogP contribution is 2.24. The van der Waals surface area contributed by atoms with Gasteiger partial charge in [-0.3, -0.25) is 9.78 Å². The van der Waals surface area contributed by atoms with E-state index in [0.717, 1.165) is 5.56 Å². The van der Waals surface area contributed by atoms with Crippen LogP contribution in [-0.4, -0.2) is 54.7 Å². The lowest BCUT2D eigenvalue weighted by Crippen LogP contribution is -2.50. The molecule has 0 N–H and O–H groups in total. The molecule has 1 aromatic heterocycles. The molecule has 8 heteroatoms. The molecule has 0 bridgehead atoms. The van der Waals surface area contributed by atoms with E-state index in [9.17, 15) is 17.6 Å². The van der Waals surface area contributed by atoms with Gasteiger partial charge in [-0.2, -0.15) is 4.31 Å². The average molecular weight is 442 g/mol. The summed E-state index contributed by atoms with van der Waals surface area (Å²) in [6, 6.07) is 11.2. The predicted octanol–water partition coefficient (Wildman–Crippen LogP) is 3.45. The lowest BCUT2D eigenvalue weighted by atomic mass is 10.1. The first-order chi connectivity index (χ1) is 14.7. The number of halogens is 1. The van der Waals surface area contributed by atoms with E-state index < -0.39 is 15.8 Å². The maximum atomic E-state index is 13.6. The van der Waals surface area contributed by atoms with Crippen LogP contribution in [0.25, 0.3) is 10.9 Å². The minimum absolute atomic E-state index is 0.203. The third-order valence-electron chi connectivity index (χ3n) is 5.60. The van der Waals surface area contributed by atoms with Gasteiger partial charge >= 0.3 is 0 Å². The molecule has 4 rings (SSSR count). The zero-order chi connectivity index (χ0) is 22.3. The fraction of sp³-hybridized carbons (Fsp3) is 0.304. The fourth-order valence-corrected chi connectivity index (χ4v) is 5.67. The van der Waals surface area contributed by atoms with Crippen LogP contribution in [0.3, 0.4) is 0 Å². The lowest BCUT2D eigenvalue weighted by Gasteiger charge is -2.34. The molecule has 1 saturated heterocycles.